The quantitative estimate of drug-likeness (QED) is 0.598. The van der Waals surface area contributed by atoms with Crippen LogP contribution in [0.25, 0.3) is 0 Å². The summed E-state index contributed by atoms with van der Waals surface area (Å²) in [5.74, 6) is -0.227. The van der Waals surface area contributed by atoms with Crippen LogP contribution in [0.15, 0.2) is 59.7 Å². The minimum Gasteiger partial charge on any atom is -0.300 e. The number of amides is 1. The van der Waals surface area contributed by atoms with E-state index in [4.69, 9.17) is 11.6 Å². The van der Waals surface area contributed by atoms with Crippen molar-refractivity contribution in [1.29, 1.82) is 0 Å². The first-order valence-electron chi connectivity index (χ1n) is 7.22. The molecule has 2 aromatic carbocycles. The summed E-state index contributed by atoms with van der Waals surface area (Å²) in [4.78, 5) is 23.7. The molecule has 0 unspecified atom stereocenters. The van der Waals surface area contributed by atoms with E-state index in [9.17, 15) is 9.59 Å². The average Bonchev–Trinajstić information content (AvgIpc) is 2.56. The van der Waals surface area contributed by atoms with E-state index in [2.05, 4.69) is 5.10 Å². The van der Waals surface area contributed by atoms with E-state index in [-0.39, 0.29) is 24.7 Å². The van der Waals surface area contributed by atoms with Crippen molar-refractivity contribution in [2.24, 2.45) is 5.10 Å². The number of hydrazone groups is 1. The first-order valence-corrected chi connectivity index (χ1v) is 7.60. The van der Waals surface area contributed by atoms with Gasteiger partial charge in [-0.05, 0) is 36.8 Å². The highest BCUT2D eigenvalue weighted by atomic mass is 35.5. The third kappa shape index (κ3) is 5.34. The largest absolute Gasteiger partial charge is 0.300 e. The zero-order valence-corrected chi connectivity index (χ0v) is 13.5. The Morgan fingerprint density at radius 2 is 1.74 bits per heavy atom. The number of rotatable bonds is 6. The Labute approximate surface area is 140 Å². The first-order chi connectivity index (χ1) is 11.1. The fourth-order valence-corrected chi connectivity index (χ4v) is 2.02. The Morgan fingerprint density at radius 3 is 2.35 bits per heavy atom. The van der Waals surface area contributed by atoms with Crippen LogP contribution in [0.2, 0.25) is 5.02 Å². The lowest BCUT2D eigenvalue weighted by Gasteiger charge is -2.16. The standard InChI is InChI=1S/C18H17ClN2O2/c1-14(22)11-12-21(18(23)16-5-3-2-4-6-16)20-13-15-7-9-17(19)10-8-15/h2-10,13H,11-12H2,1H3/b20-13+. The van der Waals surface area contributed by atoms with E-state index in [0.29, 0.717) is 10.6 Å². The van der Waals surface area contributed by atoms with E-state index >= 15 is 0 Å². The minimum atomic E-state index is -0.239. The molecule has 5 heteroatoms. The van der Waals surface area contributed by atoms with E-state index in [1.54, 1.807) is 42.6 Å². The third-order valence-electron chi connectivity index (χ3n) is 3.15. The maximum Gasteiger partial charge on any atom is 0.273 e. The molecular weight excluding hydrogens is 312 g/mol. The molecule has 118 valence electrons. The summed E-state index contributed by atoms with van der Waals surface area (Å²) >= 11 is 5.84. The van der Waals surface area contributed by atoms with Gasteiger partial charge >= 0.3 is 0 Å². The van der Waals surface area contributed by atoms with Gasteiger partial charge in [0.2, 0.25) is 0 Å². The molecule has 2 aromatic rings. The van der Waals surface area contributed by atoms with Gasteiger partial charge in [0.25, 0.3) is 5.91 Å². The Balaban J connectivity index is 2.18. The molecule has 0 fully saturated rings. The van der Waals surface area contributed by atoms with E-state index < -0.39 is 0 Å². The molecule has 0 aliphatic carbocycles. The van der Waals surface area contributed by atoms with E-state index in [0.717, 1.165) is 5.56 Å². The second kappa shape index (κ2) is 8.25. The molecule has 0 bridgehead atoms. The van der Waals surface area contributed by atoms with Crippen molar-refractivity contribution in [3.63, 3.8) is 0 Å². The number of Topliss-reactive ketones (excluding diaryl/α,β-unsaturated/α-hetero) is 1. The second-order valence-corrected chi connectivity index (χ2v) is 5.48. The van der Waals surface area contributed by atoms with Gasteiger partial charge < -0.3 is 0 Å². The van der Waals surface area contributed by atoms with Crippen LogP contribution >= 0.6 is 11.6 Å². The fraction of sp³-hybridized carbons (Fsp3) is 0.167. The second-order valence-electron chi connectivity index (χ2n) is 5.04. The normalized spacial score (nSPS) is 10.7. The van der Waals surface area contributed by atoms with Crippen molar-refractivity contribution in [3.8, 4) is 0 Å². The summed E-state index contributed by atoms with van der Waals surface area (Å²) in [5.41, 5.74) is 1.35. The minimum absolute atomic E-state index is 0.0116. The van der Waals surface area contributed by atoms with Crippen LogP contribution in [-0.4, -0.2) is 29.5 Å². The van der Waals surface area contributed by atoms with Gasteiger partial charge in [-0.25, -0.2) is 5.01 Å². The molecular formula is C18H17ClN2O2. The summed E-state index contributed by atoms with van der Waals surface area (Å²) in [6.07, 6.45) is 1.84. The average molecular weight is 329 g/mol. The van der Waals surface area contributed by atoms with Gasteiger partial charge in [-0.3, -0.25) is 9.59 Å². The SMILES string of the molecule is CC(=O)CCN(/N=C/c1ccc(Cl)cc1)C(=O)c1ccccc1. The number of benzene rings is 2. The molecule has 1 amide bonds. The molecule has 0 N–H and O–H groups in total. The zero-order valence-electron chi connectivity index (χ0n) is 12.8. The van der Waals surface area contributed by atoms with Crippen molar-refractivity contribution < 1.29 is 9.59 Å². The van der Waals surface area contributed by atoms with Gasteiger partial charge in [-0.1, -0.05) is 41.9 Å². The molecule has 0 atom stereocenters. The number of hydrogen-bond donors (Lipinski definition) is 0. The number of ketones is 1. The van der Waals surface area contributed by atoms with Crippen LogP contribution in [0.4, 0.5) is 0 Å². The predicted molar refractivity (Wildman–Crippen MR) is 91.8 cm³/mol. The van der Waals surface area contributed by atoms with Crippen LogP contribution in [0, 0.1) is 0 Å². The van der Waals surface area contributed by atoms with Gasteiger partial charge in [0, 0.05) is 17.0 Å². The topological polar surface area (TPSA) is 49.7 Å². The maximum atomic E-state index is 12.5. The summed E-state index contributed by atoms with van der Waals surface area (Å²) < 4.78 is 0. The summed E-state index contributed by atoms with van der Waals surface area (Å²) in [5, 5.41) is 6.18. The van der Waals surface area contributed by atoms with Gasteiger partial charge in [0.05, 0.1) is 12.8 Å². The van der Waals surface area contributed by atoms with Crippen LogP contribution in [0.3, 0.4) is 0 Å². The lowest BCUT2D eigenvalue weighted by atomic mass is 10.2. The lowest BCUT2D eigenvalue weighted by Crippen LogP contribution is -2.28. The molecule has 0 aromatic heterocycles. The smallest absolute Gasteiger partial charge is 0.273 e. The molecule has 23 heavy (non-hydrogen) atoms. The number of carbonyl (C=O) groups excluding carboxylic acids is 2. The van der Waals surface area contributed by atoms with Gasteiger partial charge in [-0.15, -0.1) is 0 Å². The highest BCUT2D eigenvalue weighted by Gasteiger charge is 2.14. The van der Waals surface area contributed by atoms with Gasteiger partial charge in [0.1, 0.15) is 5.78 Å². The zero-order chi connectivity index (χ0) is 16.7. The van der Waals surface area contributed by atoms with Crippen molar-refractivity contribution in [1.82, 2.24) is 5.01 Å². The summed E-state index contributed by atoms with van der Waals surface area (Å²) in [6, 6.07) is 16.0. The Hall–Kier alpha value is -2.46. The molecule has 0 spiro atoms. The fourth-order valence-electron chi connectivity index (χ4n) is 1.89. The summed E-state index contributed by atoms with van der Waals surface area (Å²) in [7, 11) is 0. The third-order valence-corrected chi connectivity index (χ3v) is 3.40. The molecule has 4 nitrogen and oxygen atoms in total. The molecule has 2 rings (SSSR count). The molecule has 0 saturated heterocycles. The first kappa shape index (κ1) is 16.9. The highest BCUT2D eigenvalue weighted by Crippen LogP contribution is 2.10. The number of nitrogens with zero attached hydrogens (tertiary/aromatic N) is 2. The van der Waals surface area contributed by atoms with Gasteiger partial charge in [-0.2, -0.15) is 5.10 Å². The number of carbonyl (C=O) groups is 2. The molecule has 0 aliphatic heterocycles. The van der Waals surface area contributed by atoms with E-state index in [1.165, 1.54) is 11.9 Å². The van der Waals surface area contributed by atoms with E-state index in [1.807, 2.05) is 18.2 Å². The van der Waals surface area contributed by atoms with Crippen LogP contribution in [-0.2, 0) is 4.79 Å². The van der Waals surface area contributed by atoms with Crippen molar-refractivity contribution in [2.75, 3.05) is 6.54 Å². The van der Waals surface area contributed by atoms with Crippen LogP contribution in [0.1, 0.15) is 29.3 Å². The van der Waals surface area contributed by atoms with Crippen molar-refractivity contribution in [3.05, 3.63) is 70.7 Å². The lowest BCUT2D eigenvalue weighted by molar-refractivity contribution is -0.117. The molecule has 0 heterocycles. The summed E-state index contributed by atoms with van der Waals surface area (Å²) in [6.45, 7) is 1.74. The maximum absolute atomic E-state index is 12.5. The Morgan fingerprint density at radius 1 is 1.09 bits per heavy atom. The van der Waals surface area contributed by atoms with Crippen LogP contribution in [0.5, 0.6) is 0 Å². The highest BCUT2D eigenvalue weighted by molar-refractivity contribution is 6.30. The Bertz CT molecular complexity index is 697. The Kier molecular flexibility index (Phi) is 6.06. The van der Waals surface area contributed by atoms with Crippen LogP contribution < -0.4 is 0 Å². The van der Waals surface area contributed by atoms with Crippen molar-refractivity contribution >= 4 is 29.5 Å². The van der Waals surface area contributed by atoms with Crippen molar-refractivity contribution in [2.45, 2.75) is 13.3 Å². The molecule has 0 saturated carbocycles. The predicted octanol–water partition coefficient (Wildman–Crippen LogP) is 3.80. The molecule has 0 radical (unpaired) electrons. The van der Waals surface area contributed by atoms with Gasteiger partial charge in [0.15, 0.2) is 0 Å². The number of hydrogen-bond acceptors (Lipinski definition) is 3. The monoisotopic (exact) mass is 328 g/mol. The molecule has 0 aliphatic rings. The number of halogens is 1.